The maximum absolute atomic E-state index is 12.3. The van der Waals surface area contributed by atoms with Crippen molar-refractivity contribution in [3.8, 4) is 0 Å². The number of rotatable bonds is 4. The molecule has 1 aliphatic rings. The minimum absolute atomic E-state index is 0.269. The summed E-state index contributed by atoms with van der Waals surface area (Å²) in [6.07, 6.45) is -0.753. The van der Waals surface area contributed by atoms with Gasteiger partial charge in [0, 0.05) is 5.69 Å². The first-order valence-corrected chi connectivity index (χ1v) is 7.18. The molecule has 5 nitrogen and oxygen atoms in total. The average Bonchev–Trinajstić information content (AvgIpc) is 2.90. The Balaban J connectivity index is 2.12. The first-order chi connectivity index (χ1) is 9.90. The molecule has 0 saturated carbocycles. The van der Waals surface area contributed by atoms with Gasteiger partial charge in [0.25, 0.3) is 5.91 Å². The highest BCUT2D eigenvalue weighted by molar-refractivity contribution is 5.96. The molecule has 2 atom stereocenters. The van der Waals surface area contributed by atoms with Crippen LogP contribution in [-0.4, -0.2) is 29.2 Å². The highest BCUT2D eigenvalue weighted by atomic mass is 16.5. The van der Waals surface area contributed by atoms with Gasteiger partial charge in [-0.15, -0.1) is 0 Å². The number of carbonyl (C=O) groups excluding carboxylic acids is 1. The van der Waals surface area contributed by atoms with Gasteiger partial charge in [-0.3, -0.25) is 4.79 Å². The summed E-state index contributed by atoms with van der Waals surface area (Å²) in [6.45, 7) is 6.07. The van der Waals surface area contributed by atoms with Crippen LogP contribution in [-0.2, 0) is 14.3 Å². The second-order valence-electron chi connectivity index (χ2n) is 5.71. The molecule has 0 bridgehead atoms. The Labute approximate surface area is 124 Å². The number of para-hydroxylation sites is 1. The monoisotopic (exact) mass is 291 g/mol. The highest BCUT2D eigenvalue weighted by Crippen LogP contribution is 2.29. The Morgan fingerprint density at radius 3 is 2.52 bits per heavy atom. The van der Waals surface area contributed by atoms with Crippen molar-refractivity contribution in [1.29, 1.82) is 0 Å². The number of hydrogen-bond acceptors (Lipinski definition) is 3. The highest BCUT2D eigenvalue weighted by Gasteiger charge is 2.35. The average molecular weight is 291 g/mol. The molecule has 0 aliphatic carbocycles. The van der Waals surface area contributed by atoms with E-state index >= 15 is 0 Å². The summed E-state index contributed by atoms with van der Waals surface area (Å²) in [6, 6.07) is 5.90. The molecule has 21 heavy (non-hydrogen) atoms. The first kappa shape index (κ1) is 15.5. The van der Waals surface area contributed by atoms with Crippen LogP contribution in [0.1, 0.15) is 43.7 Å². The van der Waals surface area contributed by atoms with E-state index in [0.29, 0.717) is 12.8 Å². The minimum atomic E-state index is -1.01. The second-order valence-corrected chi connectivity index (χ2v) is 5.71. The zero-order chi connectivity index (χ0) is 15.6. The molecule has 0 spiro atoms. The summed E-state index contributed by atoms with van der Waals surface area (Å²) in [7, 11) is 0. The number of nitrogens with one attached hydrogen (secondary N) is 1. The molecule has 1 amide bonds. The van der Waals surface area contributed by atoms with E-state index in [1.165, 1.54) is 0 Å². The number of benzene rings is 1. The van der Waals surface area contributed by atoms with E-state index in [9.17, 15) is 9.59 Å². The number of aryl methyl sites for hydroxylation is 1. The number of aliphatic carboxylic acids is 1. The summed E-state index contributed by atoms with van der Waals surface area (Å²) in [4.78, 5) is 23.1. The molecule has 1 saturated heterocycles. The van der Waals surface area contributed by atoms with Gasteiger partial charge in [0.2, 0.25) is 0 Å². The Morgan fingerprint density at radius 2 is 1.95 bits per heavy atom. The lowest BCUT2D eigenvalue weighted by molar-refractivity contribution is -0.150. The van der Waals surface area contributed by atoms with Crippen molar-refractivity contribution < 1.29 is 19.4 Å². The molecule has 2 unspecified atom stereocenters. The van der Waals surface area contributed by atoms with Gasteiger partial charge in [0.05, 0.1) is 0 Å². The Hall–Kier alpha value is -1.88. The van der Waals surface area contributed by atoms with Gasteiger partial charge in [-0.25, -0.2) is 4.79 Å². The maximum Gasteiger partial charge on any atom is 0.332 e. The standard InChI is InChI=1S/C16H21NO4/c1-9(2)11-6-4-5-10(3)14(11)17-15(18)12-7-8-13(21-12)16(19)20/h4-6,9,12-13H,7-8H2,1-3H3,(H,17,18)(H,19,20). The zero-order valence-electron chi connectivity index (χ0n) is 12.6. The van der Waals surface area contributed by atoms with E-state index in [2.05, 4.69) is 19.2 Å². The molecule has 2 N–H and O–H groups in total. The van der Waals surface area contributed by atoms with Gasteiger partial charge in [-0.1, -0.05) is 32.0 Å². The largest absolute Gasteiger partial charge is 0.479 e. The topological polar surface area (TPSA) is 75.6 Å². The minimum Gasteiger partial charge on any atom is -0.479 e. The van der Waals surface area contributed by atoms with E-state index in [0.717, 1.165) is 16.8 Å². The lowest BCUT2D eigenvalue weighted by atomic mass is 9.98. The Morgan fingerprint density at radius 1 is 1.29 bits per heavy atom. The van der Waals surface area contributed by atoms with Crippen molar-refractivity contribution >= 4 is 17.6 Å². The van der Waals surface area contributed by atoms with Crippen LogP contribution in [0.5, 0.6) is 0 Å². The third kappa shape index (κ3) is 3.42. The summed E-state index contributed by atoms with van der Waals surface area (Å²) < 4.78 is 5.29. The van der Waals surface area contributed by atoms with E-state index < -0.39 is 18.2 Å². The van der Waals surface area contributed by atoms with Gasteiger partial charge in [0.1, 0.15) is 6.10 Å². The fourth-order valence-corrected chi connectivity index (χ4v) is 2.56. The van der Waals surface area contributed by atoms with E-state index in [1.807, 2.05) is 25.1 Å². The van der Waals surface area contributed by atoms with Crippen LogP contribution in [0.25, 0.3) is 0 Å². The molecular formula is C16H21NO4. The molecule has 1 aliphatic heterocycles. The fraction of sp³-hybridized carbons (Fsp3) is 0.500. The van der Waals surface area contributed by atoms with Gasteiger partial charge in [-0.05, 0) is 36.8 Å². The van der Waals surface area contributed by atoms with Gasteiger partial charge in [-0.2, -0.15) is 0 Å². The van der Waals surface area contributed by atoms with Gasteiger partial charge in [0.15, 0.2) is 6.10 Å². The summed E-state index contributed by atoms with van der Waals surface area (Å²) in [5.74, 6) is -0.990. The number of anilines is 1. The molecule has 1 aromatic rings. The van der Waals surface area contributed by atoms with Crippen molar-refractivity contribution in [1.82, 2.24) is 0 Å². The van der Waals surface area contributed by atoms with E-state index in [4.69, 9.17) is 9.84 Å². The molecule has 0 radical (unpaired) electrons. The Bertz CT molecular complexity index is 553. The molecule has 1 aromatic carbocycles. The Kier molecular flexibility index (Phi) is 4.63. The predicted octanol–water partition coefficient (Wildman–Crippen LogP) is 2.69. The van der Waals surface area contributed by atoms with E-state index in [-0.39, 0.29) is 11.8 Å². The summed E-state index contributed by atoms with van der Waals surface area (Å²) in [5.41, 5.74) is 2.86. The molecule has 1 fully saturated rings. The summed E-state index contributed by atoms with van der Waals surface area (Å²) in [5, 5.41) is 11.8. The SMILES string of the molecule is Cc1cccc(C(C)C)c1NC(=O)C1CCC(C(=O)O)O1. The van der Waals surface area contributed by atoms with Crippen molar-refractivity contribution in [2.75, 3.05) is 5.32 Å². The molecule has 5 heteroatoms. The van der Waals surface area contributed by atoms with Crippen molar-refractivity contribution in [3.63, 3.8) is 0 Å². The van der Waals surface area contributed by atoms with Gasteiger partial charge < -0.3 is 15.2 Å². The second kappa shape index (κ2) is 6.26. The quantitative estimate of drug-likeness (QED) is 0.894. The maximum atomic E-state index is 12.3. The van der Waals surface area contributed by atoms with Crippen molar-refractivity contribution in [2.45, 2.75) is 51.7 Å². The van der Waals surface area contributed by atoms with Crippen LogP contribution in [0.15, 0.2) is 18.2 Å². The number of carboxylic acid groups (broad SMARTS) is 1. The normalized spacial score (nSPS) is 21.5. The fourth-order valence-electron chi connectivity index (χ4n) is 2.56. The van der Waals surface area contributed by atoms with Crippen LogP contribution in [0.2, 0.25) is 0 Å². The number of hydrogen-bond donors (Lipinski definition) is 2. The van der Waals surface area contributed by atoms with Crippen LogP contribution in [0.4, 0.5) is 5.69 Å². The predicted molar refractivity (Wildman–Crippen MR) is 79.4 cm³/mol. The van der Waals surface area contributed by atoms with Crippen LogP contribution in [0, 0.1) is 6.92 Å². The number of carboxylic acids is 1. The molecular weight excluding hydrogens is 270 g/mol. The van der Waals surface area contributed by atoms with Crippen molar-refractivity contribution in [3.05, 3.63) is 29.3 Å². The summed E-state index contributed by atoms with van der Waals surface area (Å²) >= 11 is 0. The molecule has 114 valence electrons. The van der Waals surface area contributed by atoms with Crippen LogP contribution >= 0.6 is 0 Å². The van der Waals surface area contributed by atoms with Gasteiger partial charge >= 0.3 is 5.97 Å². The number of amides is 1. The molecule has 2 rings (SSSR count). The third-order valence-electron chi connectivity index (χ3n) is 3.76. The van der Waals surface area contributed by atoms with E-state index in [1.54, 1.807) is 0 Å². The third-order valence-corrected chi connectivity index (χ3v) is 3.76. The molecule has 0 aromatic heterocycles. The lowest BCUT2D eigenvalue weighted by Gasteiger charge is -2.18. The number of carbonyl (C=O) groups is 2. The number of ether oxygens (including phenoxy) is 1. The zero-order valence-corrected chi connectivity index (χ0v) is 12.6. The van der Waals surface area contributed by atoms with Crippen LogP contribution < -0.4 is 5.32 Å². The van der Waals surface area contributed by atoms with Crippen molar-refractivity contribution in [2.24, 2.45) is 0 Å². The van der Waals surface area contributed by atoms with Crippen LogP contribution in [0.3, 0.4) is 0 Å². The first-order valence-electron chi connectivity index (χ1n) is 7.18. The molecule has 1 heterocycles. The lowest BCUT2D eigenvalue weighted by Crippen LogP contribution is -2.30. The smallest absolute Gasteiger partial charge is 0.332 e.